The summed E-state index contributed by atoms with van der Waals surface area (Å²) in [6.45, 7) is 0. The van der Waals surface area contributed by atoms with Crippen molar-refractivity contribution in [2.45, 2.75) is 0 Å². The van der Waals surface area contributed by atoms with Crippen molar-refractivity contribution in [2.24, 2.45) is 0 Å². The van der Waals surface area contributed by atoms with E-state index in [-0.39, 0.29) is 29.3 Å². The maximum atomic E-state index is 10.8. The summed E-state index contributed by atoms with van der Waals surface area (Å²) in [5, 5.41) is 0. The van der Waals surface area contributed by atoms with Gasteiger partial charge < -0.3 is 9.47 Å². The Morgan fingerprint density at radius 2 is 0.952 bits per heavy atom. The number of carbonyl (C=O) groups excluding carboxylic acids is 2. The number of hydrogen-bond donors (Lipinski definition) is 0. The van der Waals surface area contributed by atoms with Crippen LogP contribution in [0.3, 0.4) is 0 Å². The van der Waals surface area contributed by atoms with E-state index in [0.29, 0.717) is 11.1 Å². The summed E-state index contributed by atoms with van der Waals surface area (Å²) in [4.78, 5) is 21.6. The standard InChI is InChI=1S/2C8H8O2.Cr/c2*1-10-8(9)7-5-3-2-4-6-7;/h2*2-6H,1H3;. The van der Waals surface area contributed by atoms with Crippen molar-refractivity contribution in [1.29, 1.82) is 0 Å². The molecule has 0 spiro atoms. The molecule has 0 N–H and O–H groups in total. The van der Waals surface area contributed by atoms with Gasteiger partial charge in [0.2, 0.25) is 0 Å². The molecule has 4 nitrogen and oxygen atoms in total. The quantitative estimate of drug-likeness (QED) is 0.797. The molecule has 0 fully saturated rings. The molecular weight excluding hydrogens is 308 g/mol. The first-order chi connectivity index (χ1) is 9.69. The van der Waals surface area contributed by atoms with Crippen molar-refractivity contribution < 1.29 is 36.4 Å². The molecule has 0 aliphatic carbocycles. The van der Waals surface area contributed by atoms with Gasteiger partial charge >= 0.3 is 11.9 Å². The average molecular weight is 324 g/mol. The van der Waals surface area contributed by atoms with Crippen LogP contribution in [0, 0.1) is 0 Å². The second-order valence-corrected chi connectivity index (χ2v) is 3.72. The zero-order valence-electron chi connectivity index (χ0n) is 11.8. The Hall–Kier alpha value is -2.09. The van der Waals surface area contributed by atoms with E-state index in [1.165, 1.54) is 14.2 Å². The van der Waals surface area contributed by atoms with Crippen LogP contribution in [0.25, 0.3) is 0 Å². The van der Waals surface area contributed by atoms with Gasteiger partial charge in [-0.2, -0.15) is 0 Å². The molecule has 0 aliphatic heterocycles. The summed E-state index contributed by atoms with van der Waals surface area (Å²) in [7, 11) is 2.74. The van der Waals surface area contributed by atoms with Gasteiger partial charge in [0.25, 0.3) is 0 Å². The fourth-order valence-corrected chi connectivity index (χ4v) is 1.38. The SMILES string of the molecule is COC(=O)c1ccccc1.COC(=O)c1ccccc1.[Cr]. The minimum atomic E-state index is -0.291. The topological polar surface area (TPSA) is 52.6 Å². The predicted octanol–water partition coefficient (Wildman–Crippen LogP) is 2.94. The number of ether oxygens (including phenoxy) is 2. The van der Waals surface area contributed by atoms with Crippen LogP contribution in [0.15, 0.2) is 60.7 Å². The third-order valence-corrected chi connectivity index (χ3v) is 2.39. The zero-order chi connectivity index (χ0) is 14.8. The van der Waals surface area contributed by atoms with E-state index in [1.54, 1.807) is 48.5 Å². The van der Waals surface area contributed by atoms with Gasteiger partial charge in [-0.15, -0.1) is 0 Å². The van der Waals surface area contributed by atoms with Crippen molar-refractivity contribution in [1.82, 2.24) is 0 Å². The van der Waals surface area contributed by atoms with Gasteiger partial charge in [-0.1, -0.05) is 36.4 Å². The molecule has 0 radical (unpaired) electrons. The van der Waals surface area contributed by atoms with Crippen LogP contribution in [-0.2, 0) is 26.8 Å². The summed E-state index contributed by atoms with van der Waals surface area (Å²) < 4.78 is 8.99. The van der Waals surface area contributed by atoms with Crippen LogP contribution >= 0.6 is 0 Å². The van der Waals surface area contributed by atoms with Gasteiger partial charge in [0.15, 0.2) is 0 Å². The molecule has 0 bridgehead atoms. The zero-order valence-corrected chi connectivity index (χ0v) is 13.1. The van der Waals surface area contributed by atoms with Crippen molar-refractivity contribution >= 4 is 11.9 Å². The predicted molar refractivity (Wildman–Crippen MR) is 75.6 cm³/mol. The maximum absolute atomic E-state index is 10.8. The van der Waals surface area contributed by atoms with Crippen LogP contribution in [0.5, 0.6) is 0 Å². The maximum Gasteiger partial charge on any atom is 0.337 e. The van der Waals surface area contributed by atoms with E-state index in [1.807, 2.05) is 12.1 Å². The summed E-state index contributed by atoms with van der Waals surface area (Å²) in [6, 6.07) is 17.8. The minimum absolute atomic E-state index is 0. The first-order valence-corrected chi connectivity index (χ1v) is 5.95. The molecule has 2 aromatic carbocycles. The second-order valence-electron chi connectivity index (χ2n) is 3.72. The van der Waals surface area contributed by atoms with Gasteiger partial charge in [-0.05, 0) is 24.3 Å². The Morgan fingerprint density at radius 1 is 0.667 bits per heavy atom. The molecule has 0 saturated carbocycles. The van der Waals surface area contributed by atoms with Crippen LogP contribution in [0.1, 0.15) is 20.7 Å². The number of methoxy groups -OCH3 is 2. The molecule has 0 amide bonds. The number of benzene rings is 2. The molecule has 21 heavy (non-hydrogen) atoms. The van der Waals surface area contributed by atoms with Gasteiger partial charge in [-0.3, -0.25) is 0 Å². The molecule has 110 valence electrons. The van der Waals surface area contributed by atoms with E-state index in [2.05, 4.69) is 9.47 Å². The Balaban J connectivity index is 0.000000364. The smallest absolute Gasteiger partial charge is 0.337 e. The largest absolute Gasteiger partial charge is 0.465 e. The Bertz CT molecular complexity index is 489. The third kappa shape index (κ3) is 6.75. The normalized spacial score (nSPS) is 8.48. The van der Waals surface area contributed by atoms with Crippen molar-refractivity contribution in [3.8, 4) is 0 Å². The summed E-state index contributed by atoms with van der Waals surface area (Å²) in [5.41, 5.74) is 1.18. The van der Waals surface area contributed by atoms with Crippen LogP contribution < -0.4 is 0 Å². The van der Waals surface area contributed by atoms with Gasteiger partial charge in [-0.25, -0.2) is 9.59 Å². The van der Waals surface area contributed by atoms with Crippen molar-refractivity contribution in [2.75, 3.05) is 14.2 Å². The summed E-state index contributed by atoms with van der Waals surface area (Å²) >= 11 is 0. The summed E-state index contributed by atoms with van der Waals surface area (Å²) in [5.74, 6) is -0.582. The monoisotopic (exact) mass is 324 g/mol. The first kappa shape index (κ1) is 18.9. The van der Waals surface area contributed by atoms with E-state index < -0.39 is 0 Å². The Labute approximate surface area is 134 Å². The number of hydrogen-bond acceptors (Lipinski definition) is 4. The Morgan fingerprint density at radius 3 is 1.19 bits per heavy atom. The molecule has 0 aromatic heterocycles. The first-order valence-electron chi connectivity index (χ1n) is 5.95. The molecule has 2 rings (SSSR count). The van der Waals surface area contributed by atoms with Gasteiger partial charge in [0.05, 0.1) is 25.3 Å². The molecular formula is C16H16CrO4. The van der Waals surface area contributed by atoms with Crippen molar-refractivity contribution in [3.63, 3.8) is 0 Å². The average Bonchev–Trinajstić information content (AvgIpc) is 2.55. The van der Waals surface area contributed by atoms with E-state index >= 15 is 0 Å². The number of rotatable bonds is 2. The van der Waals surface area contributed by atoms with Crippen LogP contribution in [0.4, 0.5) is 0 Å². The number of esters is 2. The van der Waals surface area contributed by atoms with E-state index in [9.17, 15) is 9.59 Å². The van der Waals surface area contributed by atoms with E-state index in [0.717, 1.165) is 0 Å². The van der Waals surface area contributed by atoms with Crippen molar-refractivity contribution in [3.05, 3.63) is 71.8 Å². The molecule has 0 unspecified atom stereocenters. The molecule has 2 aromatic rings. The summed E-state index contributed by atoms with van der Waals surface area (Å²) in [6.07, 6.45) is 0. The molecule has 0 heterocycles. The van der Waals surface area contributed by atoms with Crippen LogP contribution in [0.2, 0.25) is 0 Å². The van der Waals surface area contributed by atoms with E-state index in [4.69, 9.17) is 0 Å². The second kappa shape index (κ2) is 10.7. The number of carbonyl (C=O) groups is 2. The van der Waals surface area contributed by atoms with Gasteiger partial charge in [0, 0.05) is 17.4 Å². The fraction of sp³-hybridized carbons (Fsp3) is 0.125. The molecule has 0 aliphatic rings. The fourth-order valence-electron chi connectivity index (χ4n) is 1.38. The third-order valence-electron chi connectivity index (χ3n) is 2.39. The minimum Gasteiger partial charge on any atom is -0.465 e. The molecule has 0 atom stereocenters. The van der Waals surface area contributed by atoms with Crippen LogP contribution in [-0.4, -0.2) is 26.2 Å². The molecule has 5 heteroatoms. The molecule has 0 saturated heterocycles. The Kier molecular flexibility index (Phi) is 9.61. The van der Waals surface area contributed by atoms with Gasteiger partial charge in [0.1, 0.15) is 0 Å².